The van der Waals surface area contributed by atoms with Crippen molar-refractivity contribution >= 4 is 12.9 Å². The zero-order valence-electron chi connectivity index (χ0n) is 13.8. The van der Waals surface area contributed by atoms with Crippen molar-refractivity contribution in [2.24, 2.45) is 11.7 Å². The molecule has 0 fully saturated rings. The highest BCUT2D eigenvalue weighted by atomic mass is 16.5. The third-order valence-corrected chi connectivity index (χ3v) is 3.94. The lowest BCUT2D eigenvalue weighted by Gasteiger charge is -2.25. The second-order valence-electron chi connectivity index (χ2n) is 6.36. The summed E-state index contributed by atoms with van der Waals surface area (Å²) < 4.78 is 5.09. The molecule has 0 spiro atoms. The molecule has 6 heteroatoms. The van der Waals surface area contributed by atoms with E-state index in [4.69, 9.17) is 10.5 Å². The Hall–Kier alpha value is -0.585. The maximum atomic E-state index is 11.4. The zero-order valence-corrected chi connectivity index (χ0v) is 13.8. The molecule has 0 amide bonds. The van der Waals surface area contributed by atoms with E-state index in [1.807, 2.05) is 0 Å². The highest BCUT2D eigenvalue weighted by Crippen LogP contribution is 2.21. The number of methoxy groups -OCH3 is 1. The predicted octanol–water partition coefficient (Wildman–Crippen LogP) is 2.40. The molecule has 21 heavy (non-hydrogen) atoms. The zero-order chi connectivity index (χ0) is 16.3. The molecular weight excluding hydrogens is 269 g/mol. The van der Waals surface area contributed by atoms with Crippen LogP contribution >= 0.6 is 0 Å². The van der Waals surface area contributed by atoms with Crippen molar-refractivity contribution in [3.8, 4) is 0 Å². The molecule has 124 valence electrons. The number of rotatable bonds is 13. The first-order valence-electron chi connectivity index (χ1n) is 8.01. The smallest absolute Gasteiger partial charge is 0.323 e. The first-order chi connectivity index (χ1) is 9.81. The molecule has 4 N–H and O–H groups in total. The first kappa shape index (κ1) is 20.4. The van der Waals surface area contributed by atoms with Gasteiger partial charge in [-0.3, -0.25) is 4.79 Å². The van der Waals surface area contributed by atoms with Gasteiger partial charge in [-0.1, -0.05) is 39.4 Å². The molecule has 0 bridgehead atoms. The van der Waals surface area contributed by atoms with Crippen molar-refractivity contribution in [2.45, 2.75) is 70.6 Å². The minimum atomic E-state index is -1.12. The third-order valence-electron chi connectivity index (χ3n) is 3.94. The van der Waals surface area contributed by atoms with Crippen molar-refractivity contribution in [1.82, 2.24) is 0 Å². The Bertz CT molecular complexity index is 289. The van der Waals surface area contributed by atoms with E-state index in [0.717, 1.165) is 38.7 Å². The second kappa shape index (κ2) is 11.0. The molecule has 2 atom stereocenters. The van der Waals surface area contributed by atoms with Gasteiger partial charge >= 0.3 is 5.97 Å². The van der Waals surface area contributed by atoms with Gasteiger partial charge in [-0.2, -0.15) is 0 Å². The lowest BCUT2D eigenvalue weighted by Crippen LogP contribution is -2.47. The molecule has 0 aromatic rings. The van der Waals surface area contributed by atoms with Crippen molar-refractivity contribution < 1.29 is 19.7 Å². The van der Waals surface area contributed by atoms with E-state index in [9.17, 15) is 14.9 Å². The van der Waals surface area contributed by atoms with Crippen molar-refractivity contribution in [3.05, 3.63) is 0 Å². The molecule has 0 saturated carbocycles. The first-order valence-corrected chi connectivity index (χ1v) is 8.01. The van der Waals surface area contributed by atoms with Crippen LogP contribution in [0.1, 0.15) is 51.9 Å². The van der Waals surface area contributed by atoms with Crippen LogP contribution in [0.5, 0.6) is 0 Å². The topological polar surface area (TPSA) is 92.8 Å². The van der Waals surface area contributed by atoms with E-state index in [2.05, 4.69) is 6.92 Å². The molecule has 0 saturated heterocycles. The average Bonchev–Trinajstić information content (AvgIpc) is 2.40. The van der Waals surface area contributed by atoms with E-state index in [0.29, 0.717) is 25.1 Å². The van der Waals surface area contributed by atoms with E-state index in [1.54, 1.807) is 13.9 Å². The molecule has 5 nitrogen and oxygen atoms in total. The molecule has 0 rings (SSSR count). The van der Waals surface area contributed by atoms with Crippen LogP contribution < -0.4 is 5.73 Å². The van der Waals surface area contributed by atoms with Crippen molar-refractivity contribution in [2.75, 3.05) is 13.7 Å². The predicted molar refractivity (Wildman–Crippen MR) is 86.6 cm³/mol. The number of hydrogen-bond acceptors (Lipinski definition) is 4. The van der Waals surface area contributed by atoms with Crippen LogP contribution in [-0.4, -0.2) is 42.3 Å². The van der Waals surface area contributed by atoms with Crippen LogP contribution in [-0.2, 0) is 9.53 Å². The fourth-order valence-corrected chi connectivity index (χ4v) is 2.52. The molecule has 1 unspecified atom stereocenters. The standard InChI is InChI=1S/C15H32BNO4/c1-13(12-21-3)8-4-5-9-15(17,14(18)19)10-6-7-11-16(2)20/h13,20H,4-12,17H2,1-3H3,(H,18,19)/t13-,15?/m1/s1. The van der Waals surface area contributed by atoms with E-state index in [-0.39, 0.29) is 6.92 Å². The number of aliphatic carboxylic acids is 1. The Morgan fingerprint density at radius 3 is 2.33 bits per heavy atom. The summed E-state index contributed by atoms with van der Waals surface area (Å²) in [6.45, 7) is 4.29. The summed E-state index contributed by atoms with van der Waals surface area (Å²) in [5.74, 6) is -0.414. The highest BCUT2D eigenvalue weighted by Gasteiger charge is 2.32. The van der Waals surface area contributed by atoms with Crippen LogP contribution in [0, 0.1) is 5.92 Å². The molecular formula is C15H32BNO4. The van der Waals surface area contributed by atoms with Crippen LogP contribution in [0.3, 0.4) is 0 Å². The summed E-state index contributed by atoms with van der Waals surface area (Å²) in [7, 11) is 1.69. The van der Waals surface area contributed by atoms with Gasteiger partial charge in [0.05, 0.1) is 0 Å². The average molecular weight is 301 g/mol. The molecule has 0 aliphatic carbocycles. The largest absolute Gasteiger partial charge is 0.480 e. The SMILES string of the molecule is COC[C@H](C)CCCCC(N)(CCCCB(C)O)C(=O)O. The Morgan fingerprint density at radius 2 is 1.86 bits per heavy atom. The molecule has 0 aliphatic rings. The van der Waals surface area contributed by atoms with Crippen LogP contribution in [0.4, 0.5) is 0 Å². The third kappa shape index (κ3) is 9.88. The lowest BCUT2D eigenvalue weighted by molar-refractivity contribution is -0.144. The quantitative estimate of drug-likeness (QED) is 0.359. The Labute approximate surface area is 129 Å². The van der Waals surface area contributed by atoms with Gasteiger partial charge in [0.1, 0.15) is 5.54 Å². The Balaban J connectivity index is 4.01. The number of ether oxygens (including phenoxy) is 1. The lowest BCUT2D eigenvalue weighted by atomic mass is 9.66. The molecule has 0 aromatic carbocycles. The van der Waals surface area contributed by atoms with Crippen molar-refractivity contribution in [1.29, 1.82) is 0 Å². The molecule has 0 aromatic heterocycles. The van der Waals surface area contributed by atoms with Gasteiger partial charge in [-0.05, 0) is 31.5 Å². The number of carboxylic acid groups (broad SMARTS) is 1. The van der Waals surface area contributed by atoms with Gasteiger partial charge < -0.3 is 20.6 Å². The summed E-state index contributed by atoms with van der Waals surface area (Å²) in [4.78, 5) is 11.4. The van der Waals surface area contributed by atoms with Crippen LogP contribution in [0.2, 0.25) is 13.1 Å². The summed E-state index contributed by atoms with van der Waals surface area (Å²) in [6.07, 6.45) is 6.08. The number of carbonyl (C=O) groups is 1. The fourth-order valence-electron chi connectivity index (χ4n) is 2.52. The monoisotopic (exact) mass is 301 g/mol. The Kier molecular flexibility index (Phi) is 10.7. The summed E-state index contributed by atoms with van der Waals surface area (Å²) >= 11 is 0. The molecule has 0 heterocycles. The summed E-state index contributed by atoms with van der Waals surface area (Å²) in [6, 6.07) is 0. The maximum absolute atomic E-state index is 11.4. The van der Waals surface area contributed by atoms with Gasteiger partial charge in [-0.25, -0.2) is 0 Å². The van der Waals surface area contributed by atoms with Gasteiger partial charge in [0.2, 0.25) is 0 Å². The second-order valence-corrected chi connectivity index (χ2v) is 6.36. The number of unbranched alkanes of at least 4 members (excludes halogenated alkanes) is 2. The van der Waals surface area contributed by atoms with Gasteiger partial charge in [-0.15, -0.1) is 0 Å². The van der Waals surface area contributed by atoms with Gasteiger partial charge in [0, 0.05) is 13.7 Å². The minimum absolute atomic E-state index is 0.329. The number of carboxylic acids is 1. The number of hydrogen-bond donors (Lipinski definition) is 3. The highest BCUT2D eigenvalue weighted by molar-refractivity contribution is 6.48. The van der Waals surface area contributed by atoms with Crippen LogP contribution in [0.25, 0.3) is 0 Å². The molecule has 0 aliphatic heterocycles. The maximum Gasteiger partial charge on any atom is 0.323 e. The van der Waals surface area contributed by atoms with Crippen LogP contribution in [0.15, 0.2) is 0 Å². The fraction of sp³-hybridized carbons (Fsp3) is 0.933. The normalized spacial score (nSPS) is 15.5. The van der Waals surface area contributed by atoms with E-state index in [1.165, 1.54) is 0 Å². The van der Waals surface area contributed by atoms with E-state index < -0.39 is 11.5 Å². The van der Waals surface area contributed by atoms with Crippen molar-refractivity contribution in [3.63, 3.8) is 0 Å². The Morgan fingerprint density at radius 1 is 1.29 bits per heavy atom. The van der Waals surface area contributed by atoms with Gasteiger partial charge in [0.25, 0.3) is 6.92 Å². The number of nitrogens with two attached hydrogens (primary N) is 1. The minimum Gasteiger partial charge on any atom is -0.480 e. The summed E-state index contributed by atoms with van der Waals surface area (Å²) in [5.41, 5.74) is 4.92. The van der Waals surface area contributed by atoms with Gasteiger partial charge in [0.15, 0.2) is 0 Å². The van der Waals surface area contributed by atoms with E-state index >= 15 is 0 Å². The molecule has 0 radical (unpaired) electrons. The summed E-state index contributed by atoms with van der Waals surface area (Å²) in [5, 5.41) is 18.5.